The van der Waals surface area contributed by atoms with E-state index in [1.54, 1.807) is 4.90 Å². The van der Waals surface area contributed by atoms with Gasteiger partial charge in [0, 0.05) is 19.2 Å². The molecule has 2 N–H and O–H groups in total. The summed E-state index contributed by atoms with van der Waals surface area (Å²) < 4.78 is 0. The minimum Gasteiger partial charge on any atom is -0.347 e. The van der Waals surface area contributed by atoms with Gasteiger partial charge in [-0.1, -0.05) is 44.4 Å². The molecule has 0 bridgehead atoms. The van der Waals surface area contributed by atoms with Crippen LogP contribution in [0.25, 0.3) is 0 Å². The molecule has 142 valence electrons. The van der Waals surface area contributed by atoms with Crippen molar-refractivity contribution in [1.29, 1.82) is 0 Å². The molecular weight excluding hydrogens is 330 g/mol. The normalized spacial score (nSPS) is 15.8. The third-order valence-corrected chi connectivity index (χ3v) is 4.89. The molecule has 1 saturated carbocycles. The zero-order valence-corrected chi connectivity index (χ0v) is 15.7. The Balaban J connectivity index is 2.27. The van der Waals surface area contributed by atoms with E-state index in [0.717, 1.165) is 31.4 Å². The van der Waals surface area contributed by atoms with Gasteiger partial charge < -0.3 is 15.5 Å². The zero-order valence-electron chi connectivity index (χ0n) is 15.7. The Bertz CT molecular complexity index is 624. The topological polar surface area (TPSA) is 78.5 Å². The summed E-state index contributed by atoms with van der Waals surface area (Å²) in [4.78, 5) is 39.0. The lowest BCUT2D eigenvalue weighted by Gasteiger charge is -2.45. The summed E-state index contributed by atoms with van der Waals surface area (Å²) in [6, 6.07) is 9.33. The molecule has 0 spiro atoms. The number of amides is 3. The molecule has 1 aliphatic rings. The Labute approximate surface area is 155 Å². The smallest absolute Gasteiger partial charge is 0.250 e. The summed E-state index contributed by atoms with van der Waals surface area (Å²) >= 11 is 0. The summed E-state index contributed by atoms with van der Waals surface area (Å²) in [7, 11) is 0. The van der Waals surface area contributed by atoms with E-state index in [-0.39, 0.29) is 24.3 Å². The summed E-state index contributed by atoms with van der Waals surface area (Å²) in [5, 5.41) is 5.56. The fourth-order valence-electron chi connectivity index (χ4n) is 3.62. The highest BCUT2D eigenvalue weighted by molar-refractivity contribution is 6.01. The van der Waals surface area contributed by atoms with Crippen molar-refractivity contribution in [2.45, 2.75) is 57.9 Å². The minimum absolute atomic E-state index is 0.0737. The number of para-hydroxylation sites is 1. The SMILES string of the molecule is CCCN(C(=O)CNC(C)=O)C1(C(=O)Nc2ccccc2)CCCCC1. The summed E-state index contributed by atoms with van der Waals surface area (Å²) in [5.41, 5.74) is -0.118. The van der Waals surface area contributed by atoms with E-state index < -0.39 is 5.54 Å². The van der Waals surface area contributed by atoms with Gasteiger partial charge in [-0.3, -0.25) is 14.4 Å². The van der Waals surface area contributed by atoms with Crippen LogP contribution in [0, 0.1) is 0 Å². The number of hydrogen-bond donors (Lipinski definition) is 2. The molecule has 0 unspecified atom stereocenters. The zero-order chi connectivity index (χ0) is 19.0. The molecule has 0 saturated heterocycles. The second-order valence-corrected chi connectivity index (χ2v) is 6.87. The van der Waals surface area contributed by atoms with E-state index in [9.17, 15) is 14.4 Å². The number of carbonyl (C=O) groups is 3. The molecule has 26 heavy (non-hydrogen) atoms. The van der Waals surface area contributed by atoms with Crippen LogP contribution in [-0.4, -0.2) is 41.2 Å². The number of nitrogens with zero attached hydrogens (tertiary/aromatic N) is 1. The quantitative estimate of drug-likeness (QED) is 0.786. The highest BCUT2D eigenvalue weighted by Crippen LogP contribution is 2.35. The number of anilines is 1. The van der Waals surface area contributed by atoms with Gasteiger partial charge in [0.05, 0.1) is 6.54 Å². The van der Waals surface area contributed by atoms with Gasteiger partial charge in [0.15, 0.2) is 0 Å². The van der Waals surface area contributed by atoms with Crippen molar-refractivity contribution in [3.05, 3.63) is 30.3 Å². The van der Waals surface area contributed by atoms with Gasteiger partial charge in [0.1, 0.15) is 5.54 Å². The third kappa shape index (κ3) is 4.84. The van der Waals surface area contributed by atoms with Crippen LogP contribution in [-0.2, 0) is 14.4 Å². The molecule has 0 radical (unpaired) electrons. The van der Waals surface area contributed by atoms with Crippen LogP contribution in [0.15, 0.2) is 30.3 Å². The van der Waals surface area contributed by atoms with Crippen molar-refractivity contribution in [3.8, 4) is 0 Å². The van der Waals surface area contributed by atoms with E-state index >= 15 is 0 Å². The Kier molecular flexibility index (Phi) is 7.18. The average Bonchev–Trinajstić information content (AvgIpc) is 2.65. The predicted molar refractivity (Wildman–Crippen MR) is 102 cm³/mol. The lowest BCUT2D eigenvalue weighted by atomic mass is 9.79. The first kappa shape index (κ1) is 19.9. The fourth-order valence-corrected chi connectivity index (χ4v) is 3.62. The average molecular weight is 359 g/mol. The number of benzene rings is 1. The van der Waals surface area contributed by atoms with E-state index in [1.807, 2.05) is 37.3 Å². The molecule has 0 aromatic heterocycles. The van der Waals surface area contributed by atoms with Gasteiger partial charge in [-0.2, -0.15) is 0 Å². The molecule has 2 rings (SSSR count). The van der Waals surface area contributed by atoms with Crippen molar-refractivity contribution < 1.29 is 14.4 Å². The van der Waals surface area contributed by atoms with Crippen LogP contribution in [0.4, 0.5) is 5.69 Å². The number of carbonyl (C=O) groups excluding carboxylic acids is 3. The minimum atomic E-state index is -0.848. The maximum Gasteiger partial charge on any atom is 0.250 e. The molecule has 1 aromatic carbocycles. The van der Waals surface area contributed by atoms with E-state index in [4.69, 9.17) is 0 Å². The van der Waals surface area contributed by atoms with Crippen LogP contribution >= 0.6 is 0 Å². The highest BCUT2D eigenvalue weighted by atomic mass is 16.2. The van der Waals surface area contributed by atoms with Crippen LogP contribution in [0.5, 0.6) is 0 Å². The molecule has 6 nitrogen and oxygen atoms in total. The van der Waals surface area contributed by atoms with Crippen LogP contribution in [0.2, 0.25) is 0 Å². The molecule has 3 amide bonds. The molecule has 0 aliphatic heterocycles. The van der Waals surface area contributed by atoms with Crippen molar-refractivity contribution in [2.75, 3.05) is 18.4 Å². The standard InChI is InChI=1S/C20H29N3O3/c1-3-14-23(18(25)15-21-16(2)24)20(12-8-5-9-13-20)19(26)22-17-10-6-4-7-11-17/h4,6-7,10-11H,3,5,8-9,12-15H2,1-2H3,(H,21,24)(H,22,26). The maximum atomic E-state index is 13.3. The van der Waals surface area contributed by atoms with Crippen molar-refractivity contribution in [1.82, 2.24) is 10.2 Å². The molecular formula is C20H29N3O3. The Hall–Kier alpha value is -2.37. The monoisotopic (exact) mass is 359 g/mol. The van der Waals surface area contributed by atoms with Crippen molar-refractivity contribution in [2.24, 2.45) is 0 Å². The Morgan fingerprint density at radius 1 is 1.08 bits per heavy atom. The second-order valence-electron chi connectivity index (χ2n) is 6.87. The van der Waals surface area contributed by atoms with Gasteiger partial charge in [0.25, 0.3) is 0 Å². The maximum absolute atomic E-state index is 13.3. The van der Waals surface area contributed by atoms with Crippen molar-refractivity contribution in [3.63, 3.8) is 0 Å². The second kappa shape index (κ2) is 9.36. The van der Waals surface area contributed by atoms with E-state index in [0.29, 0.717) is 19.4 Å². The highest BCUT2D eigenvalue weighted by Gasteiger charge is 2.46. The molecule has 0 heterocycles. The van der Waals surface area contributed by atoms with Gasteiger partial charge in [-0.25, -0.2) is 0 Å². The molecule has 0 atom stereocenters. The van der Waals surface area contributed by atoms with Gasteiger partial charge in [0.2, 0.25) is 17.7 Å². The largest absolute Gasteiger partial charge is 0.347 e. The molecule has 6 heteroatoms. The Morgan fingerprint density at radius 3 is 2.31 bits per heavy atom. The van der Waals surface area contributed by atoms with Crippen LogP contribution < -0.4 is 10.6 Å². The van der Waals surface area contributed by atoms with Gasteiger partial charge in [-0.05, 0) is 31.4 Å². The van der Waals surface area contributed by atoms with E-state index in [2.05, 4.69) is 10.6 Å². The lowest BCUT2D eigenvalue weighted by Crippen LogP contribution is -2.61. The molecule has 1 aromatic rings. The molecule has 1 aliphatic carbocycles. The Morgan fingerprint density at radius 2 is 1.73 bits per heavy atom. The number of nitrogens with one attached hydrogen (secondary N) is 2. The predicted octanol–water partition coefficient (Wildman–Crippen LogP) is 2.70. The lowest BCUT2D eigenvalue weighted by molar-refractivity contribution is -0.147. The number of rotatable bonds is 7. The number of hydrogen-bond acceptors (Lipinski definition) is 3. The first-order chi connectivity index (χ1) is 12.5. The van der Waals surface area contributed by atoms with Crippen molar-refractivity contribution >= 4 is 23.4 Å². The first-order valence-electron chi connectivity index (χ1n) is 9.41. The van der Waals surface area contributed by atoms with Gasteiger partial charge >= 0.3 is 0 Å². The summed E-state index contributed by atoms with van der Waals surface area (Å²) in [5.74, 6) is -0.582. The summed E-state index contributed by atoms with van der Waals surface area (Å²) in [6.07, 6.45) is 4.95. The van der Waals surface area contributed by atoms with E-state index in [1.165, 1.54) is 6.92 Å². The van der Waals surface area contributed by atoms with Crippen LogP contribution in [0.1, 0.15) is 52.4 Å². The molecule has 1 fully saturated rings. The van der Waals surface area contributed by atoms with Gasteiger partial charge in [-0.15, -0.1) is 0 Å². The van der Waals surface area contributed by atoms with Crippen LogP contribution in [0.3, 0.4) is 0 Å². The fraction of sp³-hybridized carbons (Fsp3) is 0.550. The summed E-state index contributed by atoms with van der Waals surface area (Å²) in [6.45, 7) is 3.80. The first-order valence-corrected chi connectivity index (χ1v) is 9.41. The third-order valence-electron chi connectivity index (χ3n) is 4.89.